The van der Waals surface area contributed by atoms with Gasteiger partial charge in [-0.2, -0.15) is 0 Å². The quantitative estimate of drug-likeness (QED) is 0.459. The first-order valence-corrected chi connectivity index (χ1v) is 12.3. The lowest BCUT2D eigenvalue weighted by Crippen LogP contribution is -3.14. The topological polar surface area (TPSA) is 47.8 Å². The molecule has 5 rings (SSSR count). The van der Waals surface area contributed by atoms with Gasteiger partial charge < -0.3 is 9.64 Å². The normalized spacial score (nSPS) is 40.0. The first-order chi connectivity index (χ1) is 14.9. The van der Waals surface area contributed by atoms with Gasteiger partial charge >= 0.3 is 5.97 Å². The highest BCUT2D eigenvalue weighted by Crippen LogP contribution is 2.56. The highest BCUT2D eigenvalue weighted by atomic mass is 16.6. The highest BCUT2D eigenvalue weighted by molar-refractivity contribution is 5.97. The summed E-state index contributed by atoms with van der Waals surface area (Å²) in [4.78, 5) is 27.1. The smallest absolute Gasteiger partial charge is 0.315 e. The molecule has 4 aliphatic rings. The molecule has 0 unspecified atom stereocenters. The number of carbonyl (C=O) groups is 2. The Bertz CT molecular complexity index is 856. The number of hydrogen-bond donors (Lipinski definition) is 1. The molecule has 2 saturated heterocycles. The summed E-state index contributed by atoms with van der Waals surface area (Å²) in [6, 6.07) is 9.67. The number of rotatable bonds is 4. The summed E-state index contributed by atoms with van der Waals surface area (Å²) in [5.41, 5.74) is 2.49. The first-order valence-electron chi connectivity index (χ1n) is 12.3. The van der Waals surface area contributed by atoms with E-state index in [1.807, 2.05) is 30.3 Å². The SMILES string of the molecule is C=C1CCC[C@]2(C)C[C@H]3OC(=O)[C@H](C[NH+]4CCC(C(=O)c5ccccc5)CC4)[C@H]3C[C@H]12. The molecule has 1 N–H and O–H groups in total. The van der Waals surface area contributed by atoms with E-state index < -0.39 is 0 Å². The van der Waals surface area contributed by atoms with E-state index >= 15 is 0 Å². The second kappa shape index (κ2) is 8.20. The first kappa shape index (κ1) is 20.9. The van der Waals surface area contributed by atoms with Gasteiger partial charge in [-0.05, 0) is 43.4 Å². The Morgan fingerprint density at radius 1 is 1.23 bits per heavy atom. The molecule has 2 aliphatic carbocycles. The fourth-order valence-electron chi connectivity index (χ4n) is 7.13. The maximum Gasteiger partial charge on any atom is 0.315 e. The minimum absolute atomic E-state index is 0.0145. The summed E-state index contributed by atoms with van der Waals surface area (Å²) in [6.45, 7) is 9.60. The van der Waals surface area contributed by atoms with Crippen LogP contribution in [0.3, 0.4) is 0 Å². The Kier molecular flexibility index (Phi) is 5.54. The minimum atomic E-state index is 0.0145. The average molecular weight is 423 g/mol. The van der Waals surface area contributed by atoms with Gasteiger partial charge in [0.25, 0.3) is 0 Å². The van der Waals surface area contributed by atoms with Crippen molar-refractivity contribution in [3.05, 3.63) is 48.0 Å². The van der Waals surface area contributed by atoms with Crippen molar-refractivity contribution in [2.75, 3.05) is 19.6 Å². The van der Waals surface area contributed by atoms with E-state index in [4.69, 9.17) is 4.74 Å². The number of benzene rings is 1. The Morgan fingerprint density at radius 2 is 1.97 bits per heavy atom. The third-order valence-electron chi connectivity index (χ3n) is 8.95. The van der Waals surface area contributed by atoms with Gasteiger partial charge in [0.05, 0.1) is 19.6 Å². The number of hydrogen-bond acceptors (Lipinski definition) is 3. The molecule has 5 atom stereocenters. The summed E-state index contributed by atoms with van der Waals surface area (Å²) in [5, 5.41) is 0. The van der Waals surface area contributed by atoms with Crippen LogP contribution in [0.1, 0.15) is 62.2 Å². The highest BCUT2D eigenvalue weighted by Gasteiger charge is 2.56. The number of esters is 1. The summed E-state index contributed by atoms with van der Waals surface area (Å²) in [7, 11) is 0. The number of fused-ring (bicyclic) bond motifs is 2. The summed E-state index contributed by atoms with van der Waals surface area (Å²) in [5.74, 6) is 1.33. The molecule has 0 amide bonds. The molecule has 1 aromatic rings. The zero-order chi connectivity index (χ0) is 21.6. The van der Waals surface area contributed by atoms with Crippen molar-refractivity contribution in [2.45, 2.75) is 58.0 Å². The van der Waals surface area contributed by atoms with Gasteiger partial charge in [0.2, 0.25) is 0 Å². The van der Waals surface area contributed by atoms with Gasteiger partial charge in [-0.3, -0.25) is 9.59 Å². The van der Waals surface area contributed by atoms with Crippen LogP contribution in [0.5, 0.6) is 0 Å². The molecule has 31 heavy (non-hydrogen) atoms. The van der Waals surface area contributed by atoms with Crippen LogP contribution < -0.4 is 4.90 Å². The van der Waals surface area contributed by atoms with Crippen LogP contribution in [0.4, 0.5) is 0 Å². The number of carbonyl (C=O) groups excluding carboxylic acids is 2. The van der Waals surface area contributed by atoms with Crippen LogP contribution in [0, 0.1) is 29.1 Å². The zero-order valence-corrected chi connectivity index (χ0v) is 18.8. The van der Waals surface area contributed by atoms with E-state index in [0.29, 0.717) is 11.8 Å². The Hall–Kier alpha value is -1.94. The molecule has 2 heterocycles. The van der Waals surface area contributed by atoms with Gasteiger partial charge in [-0.25, -0.2) is 0 Å². The lowest BCUT2D eigenvalue weighted by atomic mass is 9.55. The molecule has 2 aliphatic heterocycles. The number of Topliss-reactive ketones (excluding diaryl/α,β-unsaturated/α-hetero) is 1. The van der Waals surface area contributed by atoms with Crippen molar-refractivity contribution in [3.63, 3.8) is 0 Å². The Labute approximate surface area is 186 Å². The molecule has 4 heteroatoms. The van der Waals surface area contributed by atoms with Gasteiger partial charge in [0.1, 0.15) is 12.0 Å². The van der Waals surface area contributed by atoms with Crippen LogP contribution in [0.25, 0.3) is 0 Å². The number of ketones is 1. The molecule has 2 saturated carbocycles. The third-order valence-corrected chi connectivity index (χ3v) is 8.95. The molecule has 1 aromatic carbocycles. The molecular weight excluding hydrogens is 386 g/mol. The Morgan fingerprint density at radius 3 is 2.71 bits per heavy atom. The molecule has 0 spiro atoms. The van der Waals surface area contributed by atoms with Crippen LogP contribution in [-0.4, -0.2) is 37.5 Å². The molecule has 4 nitrogen and oxygen atoms in total. The number of nitrogens with one attached hydrogen (secondary N) is 1. The van der Waals surface area contributed by atoms with E-state index in [2.05, 4.69) is 13.5 Å². The monoisotopic (exact) mass is 422 g/mol. The van der Waals surface area contributed by atoms with E-state index in [9.17, 15) is 9.59 Å². The van der Waals surface area contributed by atoms with E-state index in [1.165, 1.54) is 23.3 Å². The number of ether oxygens (including phenoxy) is 1. The van der Waals surface area contributed by atoms with Gasteiger partial charge in [-0.1, -0.05) is 49.4 Å². The minimum Gasteiger partial charge on any atom is -0.462 e. The maximum absolute atomic E-state index is 12.9. The molecule has 4 fully saturated rings. The molecule has 166 valence electrons. The van der Waals surface area contributed by atoms with Crippen molar-refractivity contribution in [1.29, 1.82) is 0 Å². The van der Waals surface area contributed by atoms with Gasteiger partial charge in [-0.15, -0.1) is 0 Å². The van der Waals surface area contributed by atoms with Gasteiger partial charge in [0, 0.05) is 30.2 Å². The number of likely N-dealkylation sites (tertiary alicyclic amines) is 1. The van der Waals surface area contributed by atoms with Gasteiger partial charge in [0.15, 0.2) is 5.78 Å². The molecular formula is C27H36NO3+. The summed E-state index contributed by atoms with van der Waals surface area (Å²) >= 11 is 0. The van der Waals surface area contributed by atoms with Crippen molar-refractivity contribution >= 4 is 11.8 Å². The zero-order valence-electron chi connectivity index (χ0n) is 18.8. The number of allylic oxidation sites excluding steroid dienone is 1. The van der Waals surface area contributed by atoms with Crippen LogP contribution >= 0.6 is 0 Å². The predicted octanol–water partition coefficient (Wildman–Crippen LogP) is 3.48. The fourth-order valence-corrected chi connectivity index (χ4v) is 7.13. The average Bonchev–Trinajstić information content (AvgIpc) is 3.06. The lowest BCUT2D eigenvalue weighted by Gasteiger charge is -2.50. The van der Waals surface area contributed by atoms with Crippen molar-refractivity contribution in [3.8, 4) is 0 Å². The largest absolute Gasteiger partial charge is 0.462 e. The number of quaternary nitrogens is 1. The van der Waals surface area contributed by atoms with E-state index in [-0.39, 0.29) is 35.1 Å². The summed E-state index contributed by atoms with van der Waals surface area (Å²) in [6.07, 6.45) is 7.60. The van der Waals surface area contributed by atoms with Crippen molar-refractivity contribution in [1.82, 2.24) is 0 Å². The molecule has 0 radical (unpaired) electrons. The van der Waals surface area contributed by atoms with Crippen LogP contribution in [-0.2, 0) is 9.53 Å². The Balaban J connectivity index is 1.21. The molecule has 0 bridgehead atoms. The maximum atomic E-state index is 12.9. The van der Waals surface area contributed by atoms with E-state index in [1.54, 1.807) is 0 Å². The second-order valence-corrected chi connectivity index (χ2v) is 10.9. The third kappa shape index (κ3) is 3.88. The second-order valence-electron chi connectivity index (χ2n) is 10.9. The predicted molar refractivity (Wildman–Crippen MR) is 120 cm³/mol. The molecule has 0 aromatic heterocycles. The van der Waals surface area contributed by atoms with Crippen molar-refractivity contribution in [2.24, 2.45) is 29.1 Å². The standard InChI is InChI=1S/C27H35NO3/c1-18-7-6-12-27(2)16-24-21(15-23(18)27)22(26(30)31-24)17-28-13-10-20(11-14-28)25(29)19-8-4-3-5-9-19/h3-5,8-9,20-24H,1,6-7,10-17H2,2H3/p+1/t21-,22-,23-,24-,27-/m1/s1. The summed E-state index contributed by atoms with van der Waals surface area (Å²) < 4.78 is 5.95. The van der Waals surface area contributed by atoms with E-state index in [0.717, 1.165) is 57.3 Å². The number of piperidine rings is 1. The lowest BCUT2D eigenvalue weighted by molar-refractivity contribution is -0.908. The van der Waals surface area contributed by atoms with Crippen molar-refractivity contribution < 1.29 is 19.2 Å². The fraction of sp³-hybridized carbons (Fsp3) is 0.630. The van der Waals surface area contributed by atoms with Crippen LogP contribution in [0.15, 0.2) is 42.5 Å². The van der Waals surface area contributed by atoms with Crippen LogP contribution in [0.2, 0.25) is 0 Å².